The van der Waals surface area contributed by atoms with Gasteiger partial charge >= 0.3 is 5.97 Å². The summed E-state index contributed by atoms with van der Waals surface area (Å²) in [7, 11) is 0. The van der Waals surface area contributed by atoms with Gasteiger partial charge in [-0.15, -0.1) is 0 Å². The molecule has 6 aromatic carbocycles. The molecule has 4 nitrogen and oxygen atoms in total. The summed E-state index contributed by atoms with van der Waals surface area (Å²) < 4.78 is 19.3. The Kier molecular flexibility index (Phi) is 6.81. The van der Waals surface area contributed by atoms with Crippen LogP contribution >= 0.6 is 0 Å². The van der Waals surface area contributed by atoms with Crippen molar-refractivity contribution in [2.24, 2.45) is 0 Å². The van der Waals surface area contributed by atoms with Crippen molar-refractivity contribution in [3.05, 3.63) is 107 Å². The molecule has 0 atom stereocenters. The summed E-state index contributed by atoms with van der Waals surface area (Å²) in [6.45, 7) is 19.9. The summed E-state index contributed by atoms with van der Waals surface area (Å²) in [5.74, 6) is -0.320. The number of carbonyl (C=O) groups excluding carboxylic acids is 1. The summed E-state index contributed by atoms with van der Waals surface area (Å²) in [6.07, 6.45) is 0. The van der Waals surface area contributed by atoms with Crippen LogP contribution in [0, 0.1) is 13.8 Å². The molecule has 246 valence electrons. The van der Waals surface area contributed by atoms with Crippen LogP contribution in [0.15, 0.2) is 87.7 Å². The van der Waals surface area contributed by atoms with E-state index in [-0.39, 0.29) is 16.8 Å². The fraction of sp³-hybridized carbons (Fsp3) is 0.267. The maximum atomic E-state index is 12.5. The number of carbonyl (C=O) groups is 1. The van der Waals surface area contributed by atoms with E-state index in [0.717, 1.165) is 66.3 Å². The van der Waals surface area contributed by atoms with Crippen LogP contribution in [0.4, 0.5) is 0 Å². The first-order valence-corrected chi connectivity index (χ1v) is 17.2. The molecule has 0 amide bonds. The van der Waals surface area contributed by atoms with Gasteiger partial charge in [-0.05, 0) is 124 Å². The number of hydrogen-bond acceptors (Lipinski definition) is 4. The van der Waals surface area contributed by atoms with Crippen LogP contribution in [0.25, 0.3) is 77.3 Å². The lowest BCUT2D eigenvalue weighted by Gasteiger charge is -2.27. The van der Waals surface area contributed by atoms with Crippen molar-refractivity contribution < 1.29 is 18.4 Å². The first-order valence-electron chi connectivity index (χ1n) is 17.2. The third-order valence-electron chi connectivity index (χ3n) is 9.99. The fourth-order valence-electron chi connectivity index (χ4n) is 7.51. The largest absolute Gasteiger partial charge is 0.462 e. The average Bonchev–Trinajstić information content (AvgIpc) is 3.04. The highest BCUT2D eigenvalue weighted by atomic mass is 16.5. The normalized spacial score (nSPS) is 12.8. The van der Waals surface area contributed by atoms with Crippen molar-refractivity contribution in [2.75, 3.05) is 6.61 Å². The molecule has 0 N–H and O–H groups in total. The molecule has 0 unspecified atom stereocenters. The Balaban J connectivity index is 1.53. The fourth-order valence-corrected chi connectivity index (χ4v) is 7.51. The Morgan fingerprint density at radius 1 is 0.592 bits per heavy atom. The number of aryl methyl sites for hydroxylation is 2. The molecule has 0 fully saturated rings. The van der Waals surface area contributed by atoms with E-state index in [1.54, 1.807) is 0 Å². The van der Waals surface area contributed by atoms with E-state index in [1.807, 2.05) is 31.2 Å². The van der Waals surface area contributed by atoms with Crippen molar-refractivity contribution in [3.8, 4) is 33.4 Å². The van der Waals surface area contributed by atoms with Crippen molar-refractivity contribution in [1.29, 1.82) is 0 Å². The maximum Gasteiger partial charge on any atom is 0.338 e. The van der Waals surface area contributed by atoms with Crippen LogP contribution in [0.1, 0.15) is 81.1 Å². The van der Waals surface area contributed by atoms with E-state index in [1.165, 1.54) is 33.2 Å². The lowest BCUT2D eigenvalue weighted by molar-refractivity contribution is 0.0526. The summed E-state index contributed by atoms with van der Waals surface area (Å²) in [6, 6.07) is 28.0. The predicted octanol–water partition coefficient (Wildman–Crippen LogP) is 12.8. The van der Waals surface area contributed by atoms with Crippen molar-refractivity contribution in [2.45, 2.75) is 73.1 Å². The van der Waals surface area contributed by atoms with Gasteiger partial charge in [0, 0.05) is 21.9 Å². The highest BCUT2D eigenvalue weighted by Gasteiger charge is 2.30. The average molecular weight is 647 g/mol. The van der Waals surface area contributed by atoms with Gasteiger partial charge in [-0.2, -0.15) is 0 Å². The molecule has 0 saturated heterocycles. The SMILES string of the molecule is CCOC(=O)c1ccc(-c2cc3oc4cc(C(C)(C)C)cc5c(-c6cc(C)cc(C)c6)cc6oc7cc(C(C)(C)C)cc2c7c3-c6c45)cc1. The molecule has 8 rings (SSSR count). The Labute approximate surface area is 287 Å². The standard InChI is InChI=1S/C45H42O4/c1-10-47-43(46)27-13-11-26(12-14-27)31-22-37-41-39-33(31)18-29(44(4,5)6)20-35(39)49-38-23-32(28-16-24(2)15-25(3)17-28)34-19-30(45(7,8)9)21-36(48-37)40(34)42(38)41/h11-23H,10H2,1-9H3. The smallest absolute Gasteiger partial charge is 0.338 e. The second kappa shape index (κ2) is 10.7. The molecular formula is C45H42O4. The molecule has 49 heavy (non-hydrogen) atoms. The van der Waals surface area contributed by atoms with Crippen molar-refractivity contribution >= 4 is 49.8 Å². The Morgan fingerprint density at radius 2 is 1.06 bits per heavy atom. The van der Waals surface area contributed by atoms with E-state index in [2.05, 4.69) is 110 Å². The molecule has 2 heterocycles. The van der Waals surface area contributed by atoms with Crippen LogP contribution in [-0.4, -0.2) is 12.6 Å². The van der Waals surface area contributed by atoms with Gasteiger partial charge in [-0.1, -0.05) is 83.0 Å². The summed E-state index contributed by atoms with van der Waals surface area (Å²) in [4.78, 5) is 12.5. The highest BCUT2D eigenvalue weighted by molar-refractivity contribution is 6.27. The number of ether oxygens (including phenoxy) is 1. The molecule has 2 aliphatic heterocycles. The zero-order chi connectivity index (χ0) is 34.6. The second-order valence-corrected chi connectivity index (χ2v) is 15.8. The minimum atomic E-state index is -0.320. The molecule has 0 aliphatic carbocycles. The zero-order valence-corrected chi connectivity index (χ0v) is 29.8. The quantitative estimate of drug-likeness (QED) is 0.108. The zero-order valence-electron chi connectivity index (χ0n) is 29.8. The summed E-state index contributed by atoms with van der Waals surface area (Å²) in [5.41, 5.74) is 15.0. The highest BCUT2D eigenvalue weighted by Crippen LogP contribution is 2.53. The monoisotopic (exact) mass is 646 g/mol. The number of rotatable bonds is 4. The molecule has 6 aromatic rings. The van der Waals surface area contributed by atoms with Crippen molar-refractivity contribution in [1.82, 2.24) is 0 Å². The van der Waals surface area contributed by atoms with Gasteiger partial charge in [-0.3, -0.25) is 0 Å². The van der Waals surface area contributed by atoms with Crippen molar-refractivity contribution in [3.63, 3.8) is 0 Å². The third-order valence-corrected chi connectivity index (χ3v) is 9.99. The molecule has 0 aromatic heterocycles. The Morgan fingerprint density at radius 3 is 1.51 bits per heavy atom. The Hall–Kier alpha value is -5.09. The minimum absolute atomic E-state index is 0.0910. The molecule has 0 bridgehead atoms. The molecule has 0 saturated carbocycles. The first-order chi connectivity index (χ1) is 23.2. The van der Waals surface area contributed by atoms with E-state index < -0.39 is 0 Å². The molecule has 0 radical (unpaired) electrons. The van der Waals surface area contributed by atoms with Gasteiger partial charge in [0.2, 0.25) is 0 Å². The topological polar surface area (TPSA) is 52.6 Å². The van der Waals surface area contributed by atoms with E-state index in [4.69, 9.17) is 13.6 Å². The number of benzene rings is 6. The van der Waals surface area contributed by atoms with Crippen LogP contribution in [0.2, 0.25) is 0 Å². The van der Waals surface area contributed by atoms with E-state index in [0.29, 0.717) is 12.2 Å². The summed E-state index contributed by atoms with van der Waals surface area (Å²) in [5, 5.41) is 4.40. The molecule has 2 aliphatic rings. The van der Waals surface area contributed by atoms with Crippen LogP contribution in [0.5, 0.6) is 0 Å². The van der Waals surface area contributed by atoms with Crippen LogP contribution in [-0.2, 0) is 15.6 Å². The lowest BCUT2D eigenvalue weighted by atomic mass is 9.80. The first kappa shape index (κ1) is 31.2. The van der Waals surface area contributed by atoms with Gasteiger partial charge in [-0.25, -0.2) is 4.79 Å². The molecule has 0 spiro atoms. The molecular weight excluding hydrogens is 604 g/mol. The van der Waals surface area contributed by atoms with E-state index >= 15 is 0 Å². The van der Waals surface area contributed by atoms with Gasteiger partial charge in [0.05, 0.1) is 12.2 Å². The number of esters is 1. The van der Waals surface area contributed by atoms with Crippen LogP contribution < -0.4 is 0 Å². The van der Waals surface area contributed by atoms with Gasteiger partial charge in [0.25, 0.3) is 0 Å². The van der Waals surface area contributed by atoms with Gasteiger partial charge < -0.3 is 13.6 Å². The molecule has 4 heteroatoms. The minimum Gasteiger partial charge on any atom is -0.462 e. The third kappa shape index (κ3) is 4.99. The lowest BCUT2D eigenvalue weighted by Crippen LogP contribution is -2.12. The van der Waals surface area contributed by atoms with E-state index in [9.17, 15) is 4.79 Å². The van der Waals surface area contributed by atoms with Gasteiger partial charge in [0.1, 0.15) is 22.3 Å². The predicted molar refractivity (Wildman–Crippen MR) is 203 cm³/mol. The van der Waals surface area contributed by atoms with Crippen LogP contribution in [0.3, 0.4) is 0 Å². The maximum absolute atomic E-state index is 12.5. The second-order valence-electron chi connectivity index (χ2n) is 15.8. The Bertz CT molecular complexity index is 2520. The number of hydrogen-bond donors (Lipinski definition) is 0. The van der Waals surface area contributed by atoms with Gasteiger partial charge in [0.15, 0.2) is 0 Å². The summed E-state index contributed by atoms with van der Waals surface area (Å²) >= 11 is 0.